The standard InChI is InChI=1S/C13H18N2O.C7H15NO2.2H2/c16-13(14-11-7-3-1-4-8-11)15-12-9-5-2-6-10-12;9-5-1-2-8-3-6-10-7-4-8;;/h1,3-4,7-8,12H,2,5-6,9-10H2,(H2,14,15,16);9H,1-7H2;2*1H. The lowest BCUT2D eigenvalue weighted by Gasteiger charge is -2.25. The Kier molecular flexibility index (Phi) is 10.1. The number of benzene rings is 1. The highest BCUT2D eigenvalue weighted by molar-refractivity contribution is 5.89. The second-order valence-electron chi connectivity index (χ2n) is 6.83. The Morgan fingerprint density at radius 2 is 1.85 bits per heavy atom. The van der Waals surface area contributed by atoms with E-state index in [0.29, 0.717) is 12.6 Å². The minimum Gasteiger partial charge on any atom is -0.396 e. The topological polar surface area (TPSA) is 73.8 Å². The Hall–Kier alpha value is -1.63. The molecule has 1 aliphatic carbocycles. The van der Waals surface area contributed by atoms with Gasteiger partial charge in [0, 0.05) is 40.8 Å². The summed E-state index contributed by atoms with van der Waals surface area (Å²) in [5, 5.41) is 14.4. The first-order valence-corrected chi connectivity index (χ1v) is 9.81. The summed E-state index contributed by atoms with van der Waals surface area (Å²) in [5.74, 6) is 0. The van der Waals surface area contributed by atoms with Crippen molar-refractivity contribution in [1.82, 2.24) is 10.2 Å². The zero-order valence-electron chi connectivity index (χ0n) is 15.7. The molecule has 0 aromatic heterocycles. The number of nitrogens with one attached hydrogen (secondary N) is 2. The number of urea groups is 1. The second kappa shape index (κ2) is 12.7. The van der Waals surface area contributed by atoms with Crippen LogP contribution in [0.2, 0.25) is 0 Å². The maximum atomic E-state index is 11.7. The number of aliphatic hydroxyl groups is 1. The van der Waals surface area contributed by atoms with E-state index in [-0.39, 0.29) is 8.88 Å². The zero-order chi connectivity index (χ0) is 18.5. The average molecular weight is 368 g/mol. The molecule has 1 aromatic carbocycles. The molecule has 0 atom stereocenters. The van der Waals surface area contributed by atoms with Gasteiger partial charge in [-0.1, -0.05) is 37.5 Å². The number of hydrogen-bond donors (Lipinski definition) is 3. The van der Waals surface area contributed by atoms with E-state index in [4.69, 9.17) is 9.84 Å². The van der Waals surface area contributed by atoms with Crippen LogP contribution in [0.25, 0.3) is 0 Å². The fourth-order valence-electron chi connectivity index (χ4n) is 3.24. The summed E-state index contributed by atoms with van der Waals surface area (Å²) in [6, 6.07) is 9.81. The lowest BCUT2D eigenvalue weighted by Crippen LogP contribution is -2.38. The van der Waals surface area contributed by atoms with Gasteiger partial charge in [0.2, 0.25) is 0 Å². The van der Waals surface area contributed by atoms with Crippen LogP contribution in [0.5, 0.6) is 0 Å². The van der Waals surface area contributed by atoms with Crippen molar-refractivity contribution < 1.29 is 17.5 Å². The van der Waals surface area contributed by atoms with Crippen molar-refractivity contribution in [1.29, 1.82) is 0 Å². The molecule has 150 valence electrons. The van der Waals surface area contributed by atoms with Crippen molar-refractivity contribution in [2.75, 3.05) is 44.8 Å². The fourth-order valence-corrected chi connectivity index (χ4v) is 3.24. The first-order chi connectivity index (χ1) is 12.8. The van der Waals surface area contributed by atoms with Crippen LogP contribution in [-0.2, 0) is 4.74 Å². The minimum absolute atomic E-state index is 0. The molecule has 0 radical (unpaired) electrons. The number of carbonyl (C=O) groups is 1. The van der Waals surface area contributed by atoms with Crippen LogP contribution in [0.3, 0.4) is 0 Å². The van der Waals surface area contributed by atoms with E-state index in [1.54, 1.807) is 0 Å². The molecule has 1 heterocycles. The Balaban J connectivity index is 0.000000532. The third-order valence-corrected chi connectivity index (χ3v) is 4.71. The molecule has 1 saturated carbocycles. The number of nitrogens with zero attached hydrogens (tertiary/aromatic N) is 1. The van der Waals surface area contributed by atoms with E-state index in [1.807, 2.05) is 30.3 Å². The molecule has 1 aromatic rings. The molecule has 2 aliphatic rings. The number of ether oxygens (including phenoxy) is 1. The second-order valence-corrected chi connectivity index (χ2v) is 6.83. The molecule has 3 rings (SSSR count). The van der Waals surface area contributed by atoms with Gasteiger partial charge in [0.05, 0.1) is 13.2 Å². The molecule has 26 heavy (non-hydrogen) atoms. The average Bonchev–Trinajstić information content (AvgIpc) is 2.69. The Morgan fingerprint density at radius 1 is 1.15 bits per heavy atom. The molecule has 2 fully saturated rings. The summed E-state index contributed by atoms with van der Waals surface area (Å²) in [6.07, 6.45) is 6.88. The quantitative estimate of drug-likeness (QED) is 0.746. The van der Waals surface area contributed by atoms with Crippen LogP contribution in [0.4, 0.5) is 10.5 Å². The minimum atomic E-state index is -0.0851. The monoisotopic (exact) mass is 367 g/mol. The van der Waals surface area contributed by atoms with Crippen LogP contribution in [-0.4, -0.2) is 61.5 Å². The van der Waals surface area contributed by atoms with E-state index >= 15 is 0 Å². The van der Waals surface area contributed by atoms with Crippen molar-refractivity contribution in [3.05, 3.63) is 30.3 Å². The SMILES string of the molecule is O=C(Nc1ccccc1)NC1CCCCC1.OCCCN1CCOCC1.[HH].[HH]. The van der Waals surface area contributed by atoms with Gasteiger partial charge < -0.3 is 20.5 Å². The van der Waals surface area contributed by atoms with Crippen LogP contribution in [0.15, 0.2) is 30.3 Å². The molecule has 6 nitrogen and oxygen atoms in total. The van der Waals surface area contributed by atoms with Crippen LogP contribution >= 0.6 is 0 Å². The van der Waals surface area contributed by atoms with Crippen LogP contribution in [0.1, 0.15) is 41.4 Å². The smallest absolute Gasteiger partial charge is 0.319 e. The summed E-state index contributed by atoms with van der Waals surface area (Å²) in [5.41, 5.74) is 0.843. The van der Waals surface area contributed by atoms with Gasteiger partial charge in [-0.2, -0.15) is 0 Å². The number of morpholine rings is 1. The maximum Gasteiger partial charge on any atom is 0.319 e. The van der Waals surface area contributed by atoms with E-state index < -0.39 is 0 Å². The van der Waals surface area contributed by atoms with Gasteiger partial charge in [-0.25, -0.2) is 4.79 Å². The first kappa shape index (κ1) is 20.7. The van der Waals surface area contributed by atoms with Gasteiger partial charge in [0.25, 0.3) is 0 Å². The van der Waals surface area contributed by atoms with Gasteiger partial charge in [-0.15, -0.1) is 0 Å². The van der Waals surface area contributed by atoms with Crippen molar-refractivity contribution >= 4 is 11.7 Å². The zero-order valence-corrected chi connectivity index (χ0v) is 15.7. The van der Waals surface area contributed by atoms with Gasteiger partial charge in [-0.05, 0) is 31.4 Å². The molecule has 6 heteroatoms. The molecule has 0 spiro atoms. The highest BCUT2D eigenvalue weighted by Crippen LogP contribution is 2.17. The fraction of sp³-hybridized carbons (Fsp3) is 0.650. The van der Waals surface area contributed by atoms with E-state index in [2.05, 4.69) is 15.5 Å². The summed E-state index contributed by atoms with van der Waals surface area (Å²) in [7, 11) is 0. The van der Waals surface area contributed by atoms with E-state index in [9.17, 15) is 4.79 Å². The number of aliphatic hydroxyl groups excluding tert-OH is 1. The summed E-state index contributed by atoms with van der Waals surface area (Å²) in [6.45, 7) is 5.08. The molecule has 3 N–H and O–H groups in total. The predicted octanol–water partition coefficient (Wildman–Crippen LogP) is 3.33. The first-order valence-electron chi connectivity index (χ1n) is 9.81. The van der Waals surface area contributed by atoms with Crippen molar-refractivity contribution in [3.63, 3.8) is 0 Å². The number of anilines is 1. The largest absolute Gasteiger partial charge is 0.396 e. The van der Waals surface area contributed by atoms with Crippen molar-refractivity contribution in [2.24, 2.45) is 0 Å². The number of amides is 2. The Bertz CT molecular complexity index is 497. The Labute approximate surface area is 159 Å². The number of para-hydroxylation sites is 1. The normalized spacial score (nSPS) is 18.5. The van der Waals surface area contributed by atoms with E-state index in [1.165, 1.54) is 19.3 Å². The molecule has 1 saturated heterocycles. The van der Waals surface area contributed by atoms with Gasteiger partial charge in [0.1, 0.15) is 0 Å². The third kappa shape index (κ3) is 8.65. The van der Waals surface area contributed by atoms with Gasteiger partial charge in [0.15, 0.2) is 0 Å². The lowest BCUT2D eigenvalue weighted by atomic mass is 9.96. The van der Waals surface area contributed by atoms with Crippen molar-refractivity contribution in [2.45, 2.75) is 44.6 Å². The van der Waals surface area contributed by atoms with Crippen LogP contribution in [0, 0.1) is 0 Å². The molecular weight excluding hydrogens is 330 g/mol. The lowest BCUT2D eigenvalue weighted by molar-refractivity contribution is 0.0353. The molecular formula is C20H37N3O3. The summed E-state index contributed by atoms with van der Waals surface area (Å²) in [4.78, 5) is 14.0. The van der Waals surface area contributed by atoms with E-state index in [0.717, 1.165) is 57.8 Å². The van der Waals surface area contributed by atoms with Gasteiger partial charge in [-0.3, -0.25) is 4.90 Å². The third-order valence-electron chi connectivity index (χ3n) is 4.71. The number of hydrogen-bond acceptors (Lipinski definition) is 4. The Morgan fingerprint density at radius 3 is 2.50 bits per heavy atom. The predicted molar refractivity (Wildman–Crippen MR) is 109 cm³/mol. The highest BCUT2D eigenvalue weighted by Gasteiger charge is 2.15. The van der Waals surface area contributed by atoms with Crippen molar-refractivity contribution in [3.8, 4) is 0 Å². The number of rotatable bonds is 5. The molecule has 0 bridgehead atoms. The highest BCUT2D eigenvalue weighted by atomic mass is 16.5. The van der Waals surface area contributed by atoms with Gasteiger partial charge >= 0.3 is 6.03 Å². The summed E-state index contributed by atoms with van der Waals surface area (Å²) >= 11 is 0. The molecule has 0 unspecified atom stereocenters. The van der Waals surface area contributed by atoms with Crippen LogP contribution < -0.4 is 10.6 Å². The number of carbonyl (C=O) groups excluding carboxylic acids is 1. The molecule has 1 aliphatic heterocycles. The maximum absolute atomic E-state index is 11.7. The summed E-state index contributed by atoms with van der Waals surface area (Å²) < 4.78 is 5.18. The molecule has 2 amide bonds.